The van der Waals surface area contributed by atoms with E-state index in [1.165, 1.54) is 30.2 Å². The maximum Gasteiger partial charge on any atom is 0.240 e. The van der Waals surface area contributed by atoms with Crippen molar-refractivity contribution in [2.24, 2.45) is 0 Å². The number of amides is 1. The van der Waals surface area contributed by atoms with E-state index in [9.17, 15) is 13.2 Å². The first-order valence-corrected chi connectivity index (χ1v) is 14.7. The molecule has 1 saturated carbocycles. The zero-order valence-electron chi connectivity index (χ0n) is 19.8. The molecule has 12 heteroatoms. The summed E-state index contributed by atoms with van der Waals surface area (Å²) in [6, 6.07) is 13.5. The van der Waals surface area contributed by atoms with E-state index in [1.54, 1.807) is 29.1 Å². The number of nitrogens with one attached hydrogen (secondary N) is 2. The minimum absolute atomic E-state index is 0.0137. The second-order valence-electron chi connectivity index (χ2n) is 8.74. The number of anilines is 1. The summed E-state index contributed by atoms with van der Waals surface area (Å²) in [5.74, 6) is -0.140. The van der Waals surface area contributed by atoms with Gasteiger partial charge in [-0.25, -0.2) is 27.8 Å². The van der Waals surface area contributed by atoms with E-state index < -0.39 is 10.0 Å². The summed E-state index contributed by atoms with van der Waals surface area (Å²) < 4.78 is 29.8. The number of rotatable bonds is 8. The molecule has 192 valence electrons. The van der Waals surface area contributed by atoms with Gasteiger partial charge in [0.2, 0.25) is 15.9 Å². The fourth-order valence-corrected chi connectivity index (χ4v) is 6.58. The van der Waals surface area contributed by atoms with E-state index in [0.29, 0.717) is 32.5 Å². The van der Waals surface area contributed by atoms with E-state index >= 15 is 0 Å². The first-order valence-electron chi connectivity index (χ1n) is 11.9. The normalized spacial score (nSPS) is 14.6. The molecule has 0 unspecified atom stereocenters. The number of nitrogens with zero attached hydrogens (tertiary/aromatic N) is 4. The number of para-hydroxylation sites is 1. The Balaban J connectivity index is 1.21. The van der Waals surface area contributed by atoms with Crippen LogP contribution in [0.25, 0.3) is 16.7 Å². The van der Waals surface area contributed by atoms with Crippen LogP contribution in [0.5, 0.6) is 0 Å². The Morgan fingerprint density at radius 1 is 1.05 bits per heavy atom. The first kappa shape index (κ1) is 25.7. The Morgan fingerprint density at radius 3 is 2.57 bits per heavy atom. The van der Waals surface area contributed by atoms with Gasteiger partial charge in [0.1, 0.15) is 11.4 Å². The number of hydrogen-bond donors (Lipinski definition) is 2. The van der Waals surface area contributed by atoms with Gasteiger partial charge in [-0.3, -0.25) is 4.79 Å². The fourth-order valence-electron chi connectivity index (χ4n) is 4.29. The van der Waals surface area contributed by atoms with Crippen molar-refractivity contribution in [1.82, 2.24) is 24.5 Å². The molecular weight excluding hydrogens is 532 g/mol. The number of carbonyl (C=O) groups is 1. The van der Waals surface area contributed by atoms with E-state index in [0.717, 1.165) is 32.1 Å². The highest BCUT2D eigenvalue weighted by Crippen LogP contribution is 2.28. The Kier molecular flexibility index (Phi) is 7.75. The highest BCUT2D eigenvalue weighted by Gasteiger charge is 2.22. The van der Waals surface area contributed by atoms with Gasteiger partial charge in [0.15, 0.2) is 5.65 Å². The van der Waals surface area contributed by atoms with Crippen molar-refractivity contribution in [2.75, 3.05) is 11.1 Å². The lowest BCUT2D eigenvalue weighted by molar-refractivity contribution is -0.113. The second kappa shape index (κ2) is 11.2. The molecule has 9 nitrogen and oxygen atoms in total. The van der Waals surface area contributed by atoms with Crippen molar-refractivity contribution in [2.45, 2.75) is 48.1 Å². The highest BCUT2D eigenvalue weighted by atomic mass is 35.5. The van der Waals surface area contributed by atoms with Gasteiger partial charge < -0.3 is 5.32 Å². The van der Waals surface area contributed by atoms with Crippen LogP contribution in [0.1, 0.15) is 32.1 Å². The lowest BCUT2D eigenvalue weighted by Gasteiger charge is -2.22. The monoisotopic (exact) mass is 556 g/mol. The Bertz CT molecular complexity index is 1520. The molecule has 2 heterocycles. The molecule has 2 aromatic carbocycles. The van der Waals surface area contributed by atoms with E-state index in [1.807, 2.05) is 18.2 Å². The van der Waals surface area contributed by atoms with Gasteiger partial charge in [-0.2, -0.15) is 5.10 Å². The van der Waals surface area contributed by atoms with Crippen LogP contribution in [-0.4, -0.2) is 45.9 Å². The van der Waals surface area contributed by atoms with Crippen molar-refractivity contribution in [1.29, 1.82) is 0 Å². The van der Waals surface area contributed by atoms with Gasteiger partial charge >= 0.3 is 0 Å². The lowest BCUT2D eigenvalue weighted by atomic mass is 9.96. The lowest BCUT2D eigenvalue weighted by Crippen LogP contribution is -2.36. The van der Waals surface area contributed by atoms with Gasteiger partial charge in [0.25, 0.3) is 0 Å². The number of sulfonamides is 1. The quantitative estimate of drug-likeness (QED) is 0.236. The van der Waals surface area contributed by atoms with Crippen LogP contribution in [0.2, 0.25) is 5.02 Å². The Hall–Kier alpha value is -2.99. The van der Waals surface area contributed by atoms with Gasteiger partial charge in [-0.15, -0.1) is 0 Å². The SMILES string of the molecule is O=C(CSc1ncnc2c1cnn2-c1ccccc1Cl)Nc1ccc(S(=O)(=O)NC2CCCCC2)cc1. The average Bonchev–Trinajstić information content (AvgIpc) is 3.33. The molecule has 1 amide bonds. The van der Waals surface area contributed by atoms with Crippen LogP contribution in [0, 0.1) is 0 Å². The molecule has 0 saturated heterocycles. The van der Waals surface area contributed by atoms with Crippen LogP contribution in [0.3, 0.4) is 0 Å². The number of aromatic nitrogens is 4. The smallest absolute Gasteiger partial charge is 0.240 e. The molecular formula is C25H25ClN6O3S2. The highest BCUT2D eigenvalue weighted by molar-refractivity contribution is 8.00. The minimum Gasteiger partial charge on any atom is -0.325 e. The molecule has 0 aliphatic heterocycles. The number of fused-ring (bicyclic) bond motifs is 1. The summed E-state index contributed by atoms with van der Waals surface area (Å²) in [6.45, 7) is 0. The molecule has 1 aliphatic carbocycles. The third-order valence-corrected chi connectivity index (χ3v) is 8.99. The Labute approximate surface area is 224 Å². The summed E-state index contributed by atoms with van der Waals surface area (Å²) >= 11 is 7.58. The molecule has 1 aliphatic rings. The number of benzene rings is 2. The van der Waals surface area contributed by atoms with E-state index in [2.05, 4.69) is 25.1 Å². The zero-order valence-corrected chi connectivity index (χ0v) is 22.2. The van der Waals surface area contributed by atoms with E-state index in [4.69, 9.17) is 11.6 Å². The molecule has 0 atom stereocenters. The van der Waals surface area contributed by atoms with Gasteiger partial charge in [0.05, 0.1) is 32.9 Å². The number of carbonyl (C=O) groups excluding carboxylic acids is 1. The predicted octanol–water partition coefficient (Wildman–Crippen LogP) is 4.81. The van der Waals surface area contributed by atoms with Gasteiger partial charge in [0, 0.05) is 11.7 Å². The van der Waals surface area contributed by atoms with Crippen LogP contribution < -0.4 is 10.0 Å². The average molecular weight is 557 g/mol. The minimum atomic E-state index is -3.59. The molecule has 0 bridgehead atoms. The summed E-state index contributed by atoms with van der Waals surface area (Å²) in [7, 11) is -3.59. The van der Waals surface area contributed by atoms with Crippen LogP contribution >= 0.6 is 23.4 Å². The van der Waals surface area contributed by atoms with Crippen molar-refractivity contribution >= 4 is 56.0 Å². The molecule has 4 aromatic rings. The number of hydrogen-bond acceptors (Lipinski definition) is 7. The standard InChI is InChI=1S/C25H25ClN6O3S2/c26-21-8-4-5-9-22(21)32-24-20(14-29-32)25(28-16-27-24)36-15-23(33)30-17-10-12-19(13-11-17)37(34,35)31-18-6-2-1-3-7-18/h4-5,8-14,16,18,31H,1-3,6-7,15H2,(H,30,33). The van der Waals surface area contributed by atoms with Crippen LogP contribution in [-0.2, 0) is 14.8 Å². The Morgan fingerprint density at radius 2 is 1.81 bits per heavy atom. The van der Waals surface area contributed by atoms with Crippen molar-refractivity contribution in [3.05, 3.63) is 66.1 Å². The summed E-state index contributed by atoms with van der Waals surface area (Å²) in [5.41, 5.74) is 1.80. The van der Waals surface area contributed by atoms with Gasteiger partial charge in [-0.1, -0.05) is 54.8 Å². The van der Waals surface area contributed by atoms with Crippen LogP contribution in [0.4, 0.5) is 5.69 Å². The van der Waals surface area contributed by atoms with Crippen molar-refractivity contribution in [3.63, 3.8) is 0 Å². The molecule has 2 aromatic heterocycles. The number of thioether (sulfide) groups is 1. The number of halogens is 1. The molecule has 2 N–H and O–H groups in total. The predicted molar refractivity (Wildman–Crippen MR) is 145 cm³/mol. The fraction of sp³-hybridized carbons (Fsp3) is 0.280. The third kappa shape index (κ3) is 5.96. The summed E-state index contributed by atoms with van der Waals surface area (Å²) in [5, 5.41) is 9.08. The molecule has 0 spiro atoms. The third-order valence-electron chi connectivity index (χ3n) is 6.13. The zero-order chi connectivity index (χ0) is 25.8. The molecule has 1 fully saturated rings. The topological polar surface area (TPSA) is 119 Å². The van der Waals surface area contributed by atoms with Crippen molar-refractivity contribution < 1.29 is 13.2 Å². The molecule has 5 rings (SSSR count). The maximum absolute atomic E-state index is 12.7. The summed E-state index contributed by atoms with van der Waals surface area (Å²) in [6.07, 6.45) is 8.05. The molecule has 37 heavy (non-hydrogen) atoms. The van der Waals surface area contributed by atoms with E-state index in [-0.39, 0.29) is 22.6 Å². The van der Waals surface area contributed by atoms with Crippen LogP contribution in [0.15, 0.2) is 71.0 Å². The second-order valence-corrected chi connectivity index (χ2v) is 11.8. The largest absolute Gasteiger partial charge is 0.325 e. The van der Waals surface area contributed by atoms with Crippen molar-refractivity contribution in [3.8, 4) is 5.69 Å². The molecule has 0 radical (unpaired) electrons. The summed E-state index contributed by atoms with van der Waals surface area (Å²) in [4.78, 5) is 21.4. The van der Waals surface area contributed by atoms with Gasteiger partial charge in [-0.05, 0) is 49.2 Å². The maximum atomic E-state index is 12.7. The first-order chi connectivity index (χ1) is 17.9.